The monoisotopic (exact) mass is 303 g/mol. The van der Waals surface area contributed by atoms with Crippen molar-refractivity contribution in [2.75, 3.05) is 13.2 Å². The summed E-state index contributed by atoms with van der Waals surface area (Å²) in [6, 6.07) is 5.97. The van der Waals surface area contributed by atoms with Crippen molar-refractivity contribution in [3.05, 3.63) is 36.3 Å². The van der Waals surface area contributed by atoms with E-state index in [1.165, 1.54) is 0 Å². The molecule has 3 rings (SSSR count). The van der Waals surface area contributed by atoms with Crippen LogP contribution in [0.25, 0.3) is 5.65 Å². The average Bonchev–Trinajstić information content (AvgIpc) is 2.93. The van der Waals surface area contributed by atoms with Gasteiger partial charge in [0.1, 0.15) is 5.65 Å². The van der Waals surface area contributed by atoms with Crippen molar-refractivity contribution in [2.45, 2.75) is 45.4 Å². The molecule has 0 aromatic carbocycles. The number of aromatic nitrogens is 2. The molecule has 22 heavy (non-hydrogen) atoms. The Morgan fingerprint density at radius 1 is 1.45 bits per heavy atom. The third-order valence-electron chi connectivity index (χ3n) is 5.31. The summed E-state index contributed by atoms with van der Waals surface area (Å²) in [5.74, 6) is 0. The van der Waals surface area contributed by atoms with Gasteiger partial charge in [0.25, 0.3) is 0 Å². The van der Waals surface area contributed by atoms with Crippen LogP contribution in [0.3, 0.4) is 0 Å². The molecule has 2 aromatic rings. The van der Waals surface area contributed by atoms with Crippen LogP contribution in [0.1, 0.15) is 32.9 Å². The second-order valence-electron chi connectivity index (χ2n) is 6.64. The molecular weight excluding hydrogens is 278 g/mol. The van der Waals surface area contributed by atoms with Gasteiger partial charge < -0.3 is 19.6 Å². The first-order chi connectivity index (χ1) is 10.5. The Kier molecular flexibility index (Phi) is 3.97. The zero-order chi connectivity index (χ0) is 15.8. The first-order valence-corrected chi connectivity index (χ1v) is 7.92. The number of aliphatic hydroxyl groups excluding tert-OH is 1. The molecule has 0 saturated heterocycles. The number of pyridine rings is 1. The Morgan fingerprint density at radius 3 is 2.95 bits per heavy atom. The summed E-state index contributed by atoms with van der Waals surface area (Å²) in [5, 5.41) is 13.5. The van der Waals surface area contributed by atoms with Gasteiger partial charge in [-0.05, 0) is 25.5 Å². The van der Waals surface area contributed by atoms with Crippen LogP contribution >= 0.6 is 0 Å². The summed E-state index contributed by atoms with van der Waals surface area (Å²) in [6.45, 7) is 7.83. The van der Waals surface area contributed by atoms with Crippen LogP contribution in [0.5, 0.6) is 0 Å². The van der Waals surface area contributed by atoms with Crippen LogP contribution in [0.2, 0.25) is 0 Å². The van der Waals surface area contributed by atoms with E-state index in [4.69, 9.17) is 4.74 Å². The first kappa shape index (κ1) is 15.5. The van der Waals surface area contributed by atoms with Crippen LogP contribution in [0.4, 0.5) is 0 Å². The number of hydrogen-bond acceptors (Lipinski definition) is 4. The number of fused-ring (bicyclic) bond motifs is 1. The summed E-state index contributed by atoms with van der Waals surface area (Å²) < 4.78 is 7.86. The number of hydrogen-bond donors (Lipinski definition) is 2. The highest BCUT2D eigenvalue weighted by Gasteiger charge is 2.60. The van der Waals surface area contributed by atoms with E-state index in [0.29, 0.717) is 13.2 Å². The highest BCUT2D eigenvalue weighted by atomic mass is 16.5. The van der Waals surface area contributed by atoms with Gasteiger partial charge in [0, 0.05) is 24.8 Å². The topological polar surface area (TPSA) is 58.8 Å². The zero-order valence-electron chi connectivity index (χ0n) is 13.5. The lowest BCUT2D eigenvalue weighted by Gasteiger charge is -2.60. The molecule has 2 N–H and O–H groups in total. The van der Waals surface area contributed by atoms with E-state index in [-0.39, 0.29) is 23.7 Å². The number of nitrogens with zero attached hydrogens (tertiary/aromatic N) is 2. The van der Waals surface area contributed by atoms with Crippen LogP contribution < -0.4 is 5.32 Å². The minimum atomic E-state index is -0.300. The van der Waals surface area contributed by atoms with Crippen LogP contribution in [0, 0.1) is 5.41 Å². The fourth-order valence-corrected chi connectivity index (χ4v) is 3.48. The van der Waals surface area contributed by atoms with Gasteiger partial charge in [0.2, 0.25) is 0 Å². The van der Waals surface area contributed by atoms with E-state index >= 15 is 0 Å². The van der Waals surface area contributed by atoms with Gasteiger partial charge in [0.15, 0.2) is 0 Å². The Labute approximate surface area is 131 Å². The van der Waals surface area contributed by atoms with Gasteiger partial charge in [-0.1, -0.05) is 19.9 Å². The van der Waals surface area contributed by atoms with E-state index in [0.717, 1.165) is 17.8 Å². The third-order valence-corrected chi connectivity index (χ3v) is 5.31. The molecule has 0 unspecified atom stereocenters. The standard InChI is InChI=1S/C17H25N3O2/c1-4-22-14-9-17(12-21,16(14,2)3)19-11-13-10-18-15-7-5-6-8-20(13)15/h5-8,10,14,19,21H,4,9,11-12H2,1-3H3/t14-,17+/m0/s1. The smallest absolute Gasteiger partial charge is 0.136 e. The van der Waals surface area contributed by atoms with Crippen molar-refractivity contribution in [2.24, 2.45) is 5.41 Å². The van der Waals surface area contributed by atoms with E-state index < -0.39 is 0 Å². The Bertz CT molecular complexity index is 652. The molecule has 0 aliphatic heterocycles. The molecule has 120 valence electrons. The van der Waals surface area contributed by atoms with E-state index in [1.807, 2.05) is 37.5 Å². The molecule has 5 nitrogen and oxygen atoms in total. The highest BCUT2D eigenvalue weighted by Crippen LogP contribution is 2.51. The van der Waals surface area contributed by atoms with E-state index in [2.05, 4.69) is 28.5 Å². The third kappa shape index (κ3) is 2.24. The molecule has 2 heterocycles. The summed E-state index contributed by atoms with van der Waals surface area (Å²) >= 11 is 0. The molecule has 0 amide bonds. The molecule has 1 aliphatic carbocycles. The second-order valence-corrected chi connectivity index (χ2v) is 6.64. The lowest BCUT2D eigenvalue weighted by Crippen LogP contribution is -2.73. The van der Waals surface area contributed by atoms with E-state index in [9.17, 15) is 5.11 Å². The largest absolute Gasteiger partial charge is 0.394 e. The highest BCUT2D eigenvalue weighted by molar-refractivity contribution is 5.39. The quantitative estimate of drug-likeness (QED) is 0.857. The Balaban J connectivity index is 1.75. The summed E-state index contributed by atoms with van der Waals surface area (Å²) in [7, 11) is 0. The van der Waals surface area contributed by atoms with Gasteiger partial charge in [-0.15, -0.1) is 0 Å². The van der Waals surface area contributed by atoms with Crippen LogP contribution in [-0.2, 0) is 11.3 Å². The maximum absolute atomic E-state index is 9.96. The minimum Gasteiger partial charge on any atom is -0.394 e. The molecule has 0 spiro atoms. The average molecular weight is 303 g/mol. The molecule has 2 atom stereocenters. The molecule has 2 aromatic heterocycles. The number of nitrogens with one attached hydrogen (secondary N) is 1. The maximum Gasteiger partial charge on any atom is 0.136 e. The van der Waals surface area contributed by atoms with Crippen molar-refractivity contribution in [3.63, 3.8) is 0 Å². The van der Waals surface area contributed by atoms with Gasteiger partial charge in [-0.3, -0.25) is 0 Å². The van der Waals surface area contributed by atoms with Crippen molar-refractivity contribution >= 4 is 5.65 Å². The predicted molar refractivity (Wildman–Crippen MR) is 85.7 cm³/mol. The predicted octanol–water partition coefficient (Wildman–Crippen LogP) is 1.99. The van der Waals surface area contributed by atoms with Gasteiger partial charge in [0.05, 0.1) is 30.1 Å². The molecule has 0 bridgehead atoms. The first-order valence-electron chi connectivity index (χ1n) is 7.92. The SMILES string of the molecule is CCO[C@H]1C[C@](CO)(NCc2cnc3ccccn23)C1(C)C. The normalized spacial score (nSPS) is 27.0. The van der Waals surface area contributed by atoms with E-state index in [1.54, 1.807) is 0 Å². The second kappa shape index (κ2) is 5.65. The van der Waals surface area contributed by atoms with Crippen molar-refractivity contribution in [1.82, 2.24) is 14.7 Å². The number of ether oxygens (including phenoxy) is 1. The summed E-state index contributed by atoms with van der Waals surface area (Å²) in [4.78, 5) is 4.41. The Morgan fingerprint density at radius 2 is 2.27 bits per heavy atom. The molecule has 1 saturated carbocycles. The van der Waals surface area contributed by atoms with Crippen molar-refractivity contribution in [1.29, 1.82) is 0 Å². The minimum absolute atomic E-state index is 0.0990. The summed E-state index contributed by atoms with van der Waals surface area (Å²) in [6.07, 6.45) is 4.93. The fraction of sp³-hybridized carbons (Fsp3) is 0.588. The van der Waals surface area contributed by atoms with Gasteiger partial charge in [-0.25, -0.2) is 4.98 Å². The molecule has 1 fully saturated rings. The number of imidazole rings is 1. The lowest BCUT2D eigenvalue weighted by atomic mass is 9.54. The maximum atomic E-state index is 9.96. The molecule has 0 radical (unpaired) electrons. The molecular formula is C17H25N3O2. The number of aliphatic hydroxyl groups is 1. The van der Waals surface area contributed by atoms with Gasteiger partial charge in [-0.2, -0.15) is 0 Å². The Hall–Kier alpha value is -1.43. The lowest BCUT2D eigenvalue weighted by molar-refractivity contribution is -0.177. The van der Waals surface area contributed by atoms with Crippen LogP contribution in [0.15, 0.2) is 30.6 Å². The van der Waals surface area contributed by atoms with Crippen molar-refractivity contribution < 1.29 is 9.84 Å². The van der Waals surface area contributed by atoms with Gasteiger partial charge >= 0.3 is 0 Å². The molecule has 5 heteroatoms. The van der Waals surface area contributed by atoms with Crippen LogP contribution in [-0.4, -0.2) is 39.3 Å². The summed E-state index contributed by atoms with van der Waals surface area (Å²) in [5.41, 5.74) is 1.64. The zero-order valence-corrected chi connectivity index (χ0v) is 13.5. The molecule has 1 aliphatic rings. The number of rotatable bonds is 6. The fourth-order valence-electron chi connectivity index (χ4n) is 3.48. The van der Waals surface area contributed by atoms with Crippen molar-refractivity contribution in [3.8, 4) is 0 Å².